The maximum Gasteiger partial charge on any atom is 0.215 e. The van der Waals surface area contributed by atoms with Gasteiger partial charge in [-0.15, -0.1) is 5.10 Å². The zero-order valence-electron chi connectivity index (χ0n) is 22.9. The second-order valence-electron chi connectivity index (χ2n) is 10.3. The predicted octanol–water partition coefficient (Wildman–Crippen LogP) is 6.99. The summed E-state index contributed by atoms with van der Waals surface area (Å²) in [5.41, 5.74) is 5.51. The number of rotatable bonds is 10. The topological polar surface area (TPSA) is 48.0 Å². The molecule has 0 unspecified atom stereocenters. The third kappa shape index (κ3) is 6.29. The van der Waals surface area contributed by atoms with Crippen molar-refractivity contribution >= 4 is 23.2 Å². The standard InChI is InChI=1S/C35H29Cl2N5/c36-30-21-22-31(32(37)23-30)34(41(24-26-13-5-1-6-14-26)25-27-15-7-2-8-16-27)35-38-39-40-42(35)33(28-17-9-3-10-18-28)29-19-11-4-12-20-29/h1-23,33-34H,24-25H2/p+1/t34-/m1/s1. The van der Waals surface area contributed by atoms with Gasteiger partial charge < -0.3 is 4.90 Å². The number of hydrogen-bond acceptors (Lipinski definition) is 3. The lowest BCUT2D eigenvalue weighted by molar-refractivity contribution is -0.953. The quantitative estimate of drug-likeness (QED) is 0.187. The van der Waals surface area contributed by atoms with Gasteiger partial charge in [-0.25, -0.2) is 4.68 Å². The lowest BCUT2D eigenvalue weighted by Gasteiger charge is -2.30. The average molecular weight is 592 g/mol. The van der Waals surface area contributed by atoms with E-state index in [1.54, 1.807) is 6.07 Å². The van der Waals surface area contributed by atoms with Crippen LogP contribution in [0.2, 0.25) is 10.0 Å². The van der Waals surface area contributed by atoms with Gasteiger partial charge in [-0.3, -0.25) is 0 Å². The molecule has 1 atom stereocenters. The highest BCUT2D eigenvalue weighted by atomic mass is 35.5. The van der Waals surface area contributed by atoms with Crippen molar-refractivity contribution in [3.05, 3.63) is 183 Å². The van der Waals surface area contributed by atoms with Crippen LogP contribution in [-0.2, 0) is 13.1 Å². The Morgan fingerprint density at radius 3 is 1.62 bits per heavy atom. The summed E-state index contributed by atoms with van der Waals surface area (Å²) in [5.74, 6) is 0.721. The zero-order chi connectivity index (χ0) is 28.7. The minimum Gasteiger partial charge on any atom is -0.315 e. The molecule has 7 heteroatoms. The van der Waals surface area contributed by atoms with Crippen molar-refractivity contribution in [2.24, 2.45) is 0 Å². The molecule has 0 amide bonds. The molecule has 0 fully saturated rings. The van der Waals surface area contributed by atoms with E-state index in [1.165, 1.54) is 16.0 Å². The summed E-state index contributed by atoms with van der Waals surface area (Å²) >= 11 is 13.4. The van der Waals surface area contributed by atoms with E-state index in [-0.39, 0.29) is 12.1 Å². The fraction of sp³-hybridized carbons (Fsp3) is 0.114. The van der Waals surface area contributed by atoms with Crippen molar-refractivity contribution in [2.45, 2.75) is 25.2 Å². The van der Waals surface area contributed by atoms with Crippen LogP contribution < -0.4 is 4.90 Å². The maximum absolute atomic E-state index is 6.98. The first-order chi connectivity index (χ1) is 20.7. The highest BCUT2D eigenvalue weighted by molar-refractivity contribution is 6.35. The summed E-state index contributed by atoms with van der Waals surface area (Å²) in [6.45, 7) is 1.46. The van der Waals surface area contributed by atoms with Gasteiger partial charge in [0.15, 0.2) is 6.04 Å². The SMILES string of the molecule is Clc1ccc([C@H](c2nnnn2C(c2ccccc2)c2ccccc2)[NH+](Cc2ccccc2)Cc2ccccc2)c(Cl)c1. The Balaban J connectivity index is 1.55. The number of nitrogens with one attached hydrogen (secondary N) is 1. The van der Waals surface area contributed by atoms with E-state index in [1.807, 2.05) is 65.3 Å². The minimum absolute atomic E-state index is 0.235. The molecule has 6 rings (SSSR count). The van der Waals surface area contributed by atoms with Gasteiger partial charge >= 0.3 is 0 Å². The molecule has 0 spiro atoms. The summed E-state index contributed by atoms with van der Waals surface area (Å²) in [5, 5.41) is 14.8. The predicted molar refractivity (Wildman–Crippen MR) is 168 cm³/mol. The number of quaternary nitrogens is 1. The Kier molecular flexibility index (Phi) is 8.71. The van der Waals surface area contributed by atoms with Gasteiger partial charge in [0, 0.05) is 21.7 Å². The van der Waals surface area contributed by atoms with Gasteiger partial charge in [0.1, 0.15) is 19.1 Å². The summed E-state index contributed by atoms with van der Waals surface area (Å²) in [6, 6.07) is 46.9. The van der Waals surface area contributed by atoms with E-state index in [0.717, 1.165) is 35.6 Å². The molecule has 0 aliphatic heterocycles. The molecule has 0 radical (unpaired) electrons. The van der Waals surface area contributed by atoms with E-state index in [4.69, 9.17) is 28.3 Å². The van der Waals surface area contributed by atoms with E-state index >= 15 is 0 Å². The van der Waals surface area contributed by atoms with Crippen LogP contribution in [0, 0.1) is 0 Å². The largest absolute Gasteiger partial charge is 0.315 e. The molecule has 5 aromatic carbocycles. The van der Waals surface area contributed by atoms with Crippen molar-refractivity contribution in [1.82, 2.24) is 20.2 Å². The third-order valence-electron chi connectivity index (χ3n) is 7.48. The maximum atomic E-state index is 6.98. The number of nitrogens with zero attached hydrogens (tertiary/aromatic N) is 4. The third-order valence-corrected chi connectivity index (χ3v) is 8.04. The molecule has 0 bridgehead atoms. The molecule has 0 aliphatic rings. The van der Waals surface area contributed by atoms with Crippen LogP contribution >= 0.6 is 23.2 Å². The second kappa shape index (κ2) is 13.1. The molecule has 5 nitrogen and oxygen atoms in total. The summed E-state index contributed by atoms with van der Waals surface area (Å²) in [4.78, 5) is 1.23. The molecule has 0 saturated heterocycles. The van der Waals surface area contributed by atoms with Crippen LogP contribution in [0.25, 0.3) is 0 Å². The molecule has 1 N–H and O–H groups in total. The molecule has 6 aromatic rings. The lowest BCUT2D eigenvalue weighted by atomic mass is 9.97. The molecule has 0 saturated carbocycles. The van der Waals surface area contributed by atoms with E-state index in [9.17, 15) is 0 Å². The van der Waals surface area contributed by atoms with Crippen molar-refractivity contribution < 1.29 is 4.90 Å². The van der Waals surface area contributed by atoms with Crippen LogP contribution in [0.4, 0.5) is 0 Å². The van der Waals surface area contributed by atoms with Crippen LogP contribution in [0.15, 0.2) is 140 Å². The summed E-state index contributed by atoms with van der Waals surface area (Å²) in [7, 11) is 0. The Morgan fingerprint density at radius 1 is 0.619 bits per heavy atom. The average Bonchev–Trinajstić information content (AvgIpc) is 3.49. The van der Waals surface area contributed by atoms with E-state index in [0.29, 0.717) is 10.0 Å². The van der Waals surface area contributed by atoms with Crippen LogP contribution in [0.1, 0.15) is 45.7 Å². The Hall–Kier alpha value is -4.29. The summed E-state index contributed by atoms with van der Waals surface area (Å²) < 4.78 is 1.95. The molecule has 1 heterocycles. The van der Waals surface area contributed by atoms with Gasteiger partial charge in [0.05, 0.1) is 5.02 Å². The first-order valence-electron chi connectivity index (χ1n) is 13.9. The Morgan fingerprint density at radius 2 is 1.12 bits per heavy atom. The van der Waals surface area contributed by atoms with Crippen LogP contribution in [-0.4, -0.2) is 20.2 Å². The van der Waals surface area contributed by atoms with Crippen molar-refractivity contribution in [3.8, 4) is 0 Å². The van der Waals surface area contributed by atoms with Gasteiger partial charge in [-0.2, -0.15) is 0 Å². The molecule has 1 aromatic heterocycles. The van der Waals surface area contributed by atoms with Crippen LogP contribution in [0.5, 0.6) is 0 Å². The first-order valence-corrected chi connectivity index (χ1v) is 14.7. The Labute approximate surface area is 256 Å². The number of aromatic nitrogens is 4. The van der Waals surface area contributed by atoms with Gasteiger partial charge in [0.2, 0.25) is 5.82 Å². The summed E-state index contributed by atoms with van der Waals surface area (Å²) in [6.07, 6.45) is 0. The smallest absolute Gasteiger partial charge is 0.215 e. The van der Waals surface area contributed by atoms with Crippen molar-refractivity contribution in [1.29, 1.82) is 0 Å². The first kappa shape index (κ1) is 27.9. The molecule has 208 valence electrons. The number of benzene rings is 5. The zero-order valence-corrected chi connectivity index (χ0v) is 24.4. The van der Waals surface area contributed by atoms with Gasteiger partial charge in [-0.05, 0) is 39.8 Å². The van der Waals surface area contributed by atoms with Crippen LogP contribution in [0.3, 0.4) is 0 Å². The number of hydrogen-bond donors (Lipinski definition) is 1. The highest BCUT2D eigenvalue weighted by Gasteiger charge is 2.36. The van der Waals surface area contributed by atoms with Gasteiger partial charge in [0.25, 0.3) is 0 Å². The monoisotopic (exact) mass is 590 g/mol. The van der Waals surface area contributed by atoms with Gasteiger partial charge in [-0.1, -0.05) is 145 Å². The van der Waals surface area contributed by atoms with E-state index in [2.05, 4.69) is 83.2 Å². The normalized spacial score (nSPS) is 12.1. The Bertz CT molecular complexity index is 1630. The molecule has 42 heavy (non-hydrogen) atoms. The highest BCUT2D eigenvalue weighted by Crippen LogP contribution is 2.32. The fourth-order valence-corrected chi connectivity index (χ4v) is 6.10. The fourth-order valence-electron chi connectivity index (χ4n) is 5.58. The second-order valence-corrected chi connectivity index (χ2v) is 11.1. The molecular weight excluding hydrogens is 561 g/mol. The van der Waals surface area contributed by atoms with Crippen molar-refractivity contribution in [2.75, 3.05) is 0 Å². The van der Waals surface area contributed by atoms with Crippen molar-refractivity contribution in [3.63, 3.8) is 0 Å². The molecular formula is C35H30Cl2N5+. The minimum atomic E-state index is -0.305. The van der Waals surface area contributed by atoms with E-state index < -0.39 is 0 Å². The number of halogens is 2. The number of tetrazole rings is 1. The lowest BCUT2D eigenvalue weighted by Crippen LogP contribution is -3.10. The molecule has 0 aliphatic carbocycles.